The van der Waals surface area contributed by atoms with Crippen LogP contribution in [-0.2, 0) is 11.2 Å². The van der Waals surface area contributed by atoms with Gasteiger partial charge in [0.25, 0.3) is 0 Å². The van der Waals surface area contributed by atoms with Gasteiger partial charge in [-0.05, 0) is 136 Å². The lowest BCUT2D eigenvalue weighted by Gasteiger charge is -2.53. The highest BCUT2D eigenvalue weighted by Gasteiger charge is 2.57. The maximum atomic E-state index is 15.2. The van der Waals surface area contributed by atoms with Gasteiger partial charge in [-0.3, -0.25) is 4.79 Å². The predicted octanol–water partition coefficient (Wildman–Crippen LogP) is 7.68. The van der Waals surface area contributed by atoms with Crippen molar-refractivity contribution in [1.82, 2.24) is 4.90 Å². The highest BCUT2D eigenvalue weighted by Crippen LogP contribution is 2.63. The minimum absolute atomic E-state index is 0.0647. The molecule has 41 heavy (non-hydrogen) atoms. The van der Waals surface area contributed by atoms with Crippen molar-refractivity contribution in [3.8, 4) is 11.5 Å². The van der Waals surface area contributed by atoms with Gasteiger partial charge in [0.2, 0.25) is 5.91 Å². The minimum atomic E-state index is -0.455. The molecule has 1 aliphatic heterocycles. The molecule has 2 aromatic rings. The standard InChI is InChI=1S/C35H47FN2O3/c1-23-9-15-29-28-13-10-24-20-25(39)11-14-27(24)34(28)32(22-35(23,29)2)41-26-12-16-31(30(36)21-26)37-33(40)8-4-7-19-38-17-5-3-6-18-38/h11-12,14,16,20-21,23,28-29,32,34,39H,3-10,13,15,17-19,22H2,1-2H3,(H,37,40)/t23-,28-,29-,32-,34+,35+/m0/s1. The average molecular weight is 563 g/mol. The fourth-order valence-corrected chi connectivity index (χ4v) is 8.84. The van der Waals surface area contributed by atoms with Gasteiger partial charge in [0.05, 0.1) is 5.69 Å². The Labute approximate surface area is 244 Å². The van der Waals surface area contributed by atoms with E-state index in [0.717, 1.165) is 38.6 Å². The highest BCUT2D eigenvalue weighted by atomic mass is 19.1. The summed E-state index contributed by atoms with van der Waals surface area (Å²) >= 11 is 0. The summed E-state index contributed by atoms with van der Waals surface area (Å²) in [7, 11) is 0. The molecule has 0 unspecified atom stereocenters. The van der Waals surface area contributed by atoms with Crippen molar-refractivity contribution in [2.45, 2.75) is 96.5 Å². The van der Waals surface area contributed by atoms with Crippen LogP contribution in [0.2, 0.25) is 0 Å². The van der Waals surface area contributed by atoms with Crippen LogP contribution in [0.15, 0.2) is 36.4 Å². The van der Waals surface area contributed by atoms with Gasteiger partial charge < -0.3 is 20.1 Å². The number of unbranched alkanes of at least 4 members (excludes halogenated alkanes) is 1. The number of carbonyl (C=O) groups is 1. The van der Waals surface area contributed by atoms with E-state index in [4.69, 9.17) is 4.74 Å². The third-order valence-corrected chi connectivity index (χ3v) is 11.2. The smallest absolute Gasteiger partial charge is 0.224 e. The molecule has 6 atom stereocenters. The molecule has 0 aromatic heterocycles. The summed E-state index contributed by atoms with van der Waals surface area (Å²) in [6.45, 7) is 8.21. The van der Waals surface area contributed by atoms with Gasteiger partial charge in [-0.15, -0.1) is 0 Å². The lowest BCUT2D eigenvalue weighted by Crippen LogP contribution is -2.50. The fraction of sp³-hybridized carbons (Fsp3) is 0.629. The Morgan fingerprint density at radius 3 is 2.73 bits per heavy atom. The Morgan fingerprint density at radius 1 is 1.10 bits per heavy atom. The Morgan fingerprint density at radius 2 is 1.93 bits per heavy atom. The number of rotatable bonds is 8. The minimum Gasteiger partial charge on any atom is -0.508 e. The number of anilines is 1. The number of hydrogen-bond donors (Lipinski definition) is 2. The summed E-state index contributed by atoms with van der Waals surface area (Å²) in [5.41, 5.74) is 2.93. The zero-order chi connectivity index (χ0) is 28.6. The van der Waals surface area contributed by atoms with Crippen LogP contribution in [0.1, 0.15) is 95.1 Å². The first kappa shape index (κ1) is 28.5. The summed E-state index contributed by atoms with van der Waals surface area (Å²) in [6, 6.07) is 10.7. The second-order valence-electron chi connectivity index (χ2n) is 13.6. The zero-order valence-electron chi connectivity index (χ0n) is 24.8. The number of piperidine rings is 1. The SMILES string of the molecule is C[C@H]1CC[C@H]2[C@@H]3CCc4cc(O)ccc4[C@H]3[C@@H](Oc3ccc(NC(=O)CCCCN4CCCCC4)c(F)c3)C[C@]12C. The topological polar surface area (TPSA) is 61.8 Å². The molecule has 0 spiro atoms. The molecular formula is C35H47FN2O3. The number of halogens is 1. The number of amides is 1. The highest BCUT2D eigenvalue weighted by molar-refractivity contribution is 5.90. The Bertz CT molecular complexity index is 1240. The maximum Gasteiger partial charge on any atom is 0.224 e. The number of carbonyl (C=O) groups excluding carboxylic acids is 1. The van der Waals surface area contributed by atoms with E-state index in [1.54, 1.807) is 18.2 Å². The van der Waals surface area contributed by atoms with Gasteiger partial charge in [0.15, 0.2) is 0 Å². The van der Waals surface area contributed by atoms with E-state index in [0.29, 0.717) is 35.7 Å². The van der Waals surface area contributed by atoms with Crippen LogP contribution >= 0.6 is 0 Å². The number of nitrogens with zero attached hydrogens (tertiary/aromatic N) is 1. The van der Waals surface area contributed by atoms with Gasteiger partial charge in [-0.1, -0.05) is 26.3 Å². The molecule has 3 fully saturated rings. The summed E-state index contributed by atoms with van der Waals surface area (Å²) in [4.78, 5) is 15.0. The first-order valence-electron chi connectivity index (χ1n) is 16.1. The molecule has 3 aliphatic carbocycles. The largest absolute Gasteiger partial charge is 0.508 e. The fourth-order valence-electron chi connectivity index (χ4n) is 8.84. The number of phenols is 1. The second kappa shape index (κ2) is 11.9. The number of aryl methyl sites for hydroxylation is 1. The van der Waals surface area contributed by atoms with Crippen molar-refractivity contribution in [3.05, 3.63) is 53.3 Å². The van der Waals surface area contributed by atoms with Gasteiger partial charge in [-0.25, -0.2) is 4.39 Å². The van der Waals surface area contributed by atoms with Crippen molar-refractivity contribution >= 4 is 11.6 Å². The van der Waals surface area contributed by atoms with Crippen LogP contribution < -0.4 is 10.1 Å². The van der Waals surface area contributed by atoms with Gasteiger partial charge in [0, 0.05) is 18.4 Å². The molecule has 5 nitrogen and oxygen atoms in total. The van der Waals surface area contributed by atoms with E-state index < -0.39 is 5.82 Å². The van der Waals surface area contributed by atoms with Crippen molar-refractivity contribution in [1.29, 1.82) is 0 Å². The van der Waals surface area contributed by atoms with E-state index in [2.05, 4.69) is 30.1 Å². The normalized spacial score (nSPS) is 31.1. The quantitative estimate of drug-likeness (QED) is 0.324. The molecule has 6 rings (SSSR count). The monoisotopic (exact) mass is 562 g/mol. The molecule has 2 aromatic carbocycles. The third-order valence-electron chi connectivity index (χ3n) is 11.2. The lowest BCUT2D eigenvalue weighted by molar-refractivity contribution is -0.116. The molecule has 1 amide bonds. The number of fused-ring (bicyclic) bond motifs is 5. The number of aromatic hydroxyl groups is 1. The van der Waals surface area contributed by atoms with Gasteiger partial charge >= 0.3 is 0 Å². The van der Waals surface area contributed by atoms with Crippen LogP contribution in [0.5, 0.6) is 11.5 Å². The molecule has 0 radical (unpaired) electrons. The summed E-state index contributed by atoms with van der Waals surface area (Å²) in [5.74, 6) is 2.30. The maximum absolute atomic E-state index is 15.2. The van der Waals surface area contributed by atoms with Crippen LogP contribution in [0.3, 0.4) is 0 Å². The molecule has 1 heterocycles. The lowest BCUT2D eigenvalue weighted by atomic mass is 9.53. The first-order valence-corrected chi connectivity index (χ1v) is 16.1. The third kappa shape index (κ3) is 5.86. The Hall–Kier alpha value is -2.60. The zero-order valence-corrected chi connectivity index (χ0v) is 24.8. The van der Waals surface area contributed by atoms with E-state index in [1.165, 1.54) is 62.4 Å². The van der Waals surface area contributed by atoms with Crippen LogP contribution in [-0.4, -0.2) is 41.7 Å². The Balaban J connectivity index is 1.12. The number of hydrogen-bond acceptors (Lipinski definition) is 4. The second-order valence-corrected chi connectivity index (χ2v) is 13.6. The van der Waals surface area contributed by atoms with Crippen LogP contribution in [0, 0.1) is 29.0 Å². The van der Waals surface area contributed by atoms with E-state index in [-0.39, 0.29) is 29.0 Å². The van der Waals surface area contributed by atoms with Crippen molar-refractivity contribution in [2.75, 3.05) is 25.0 Å². The van der Waals surface area contributed by atoms with E-state index in [9.17, 15) is 9.90 Å². The molecule has 0 bridgehead atoms. The first-order chi connectivity index (χ1) is 19.8. The summed E-state index contributed by atoms with van der Waals surface area (Å²) < 4.78 is 21.9. The summed E-state index contributed by atoms with van der Waals surface area (Å²) in [6.07, 6.45) is 11.6. The molecule has 6 heteroatoms. The molecular weight excluding hydrogens is 515 g/mol. The Kier molecular flexibility index (Phi) is 8.31. The molecule has 222 valence electrons. The molecule has 1 saturated heterocycles. The van der Waals surface area contributed by atoms with Crippen molar-refractivity contribution < 1.29 is 19.0 Å². The van der Waals surface area contributed by atoms with Crippen LogP contribution in [0.25, 0.3) is 0 Å². The van der Waals surface area contributed by atoms with Gasteiger partial charge in [0.1, 0.15) is 23.4 Å². The average Bonchev–Trinajstić information content (AvgIpc) is 3.26. The number of benzene rings is 2. The predicted molar refractivity (Wildman–Crippen MR) is 161 cm³/mol. The number of nitrogens with one attached hydrogen (secondary N) is 1. The molecule has 2 saturated carbocycles. The van der Waals surface area contributed by atoms with Crippen LogP contribution in [0.4, 0.5) is 10.1 Å². The van der Waals surface area contributed by atoms with Crippen molar-refractivity contribution in [3.63, 3.8) is 0 Å². The molecule has 2 N–H and O–H groups in total. The number of ether oxygens (including phenoxy) is 1. The van der Waals surface area contributed by atoms with E-state index >= 15 is 4.39 Å². The van der Waals surface area contributed by atoms with E-state index in [1.807, 2.05) is 6.07 Å². The van der Waals surface area contributed by atoms with Crippen molar-refractivity contribution in [2.24, 2.45) is 23.2 Å². The summed E-state index contributed by atoms with van der Waals surface area (Å²) in [5, 5.41) is 12.9. The number of phenolic OH excluding ortho intramolecular Hbond substituents is 1. The van der Waals surface area contributed by atoms with Gasteiger partial charge in [-0.2, -0.15) is 0 Å². The number of likely N-dealkylation sites (tertiary alicyclic amines) is 1. The molecule has 4 aliphatic rings.